The van der Waals surface area contributed by atoms with Crippen molar-refractivity contribution in [2.45, 2.75) is 23.7 Å². The lowest BCUT2D eigenvalue weighted by Crippen LogP contribution is -2.39. The van der Waals surface area contributed by atoms with Gasteiger partial charge in [-0.25, -0.2) is 0 Å². The van der Waals surface area contributed by atoms with Crippen LogP contribution in [0.3, 0.4) is 0 Å². The van der Waals surface area contributed by atoms with E-state index in [0.717, 1.165) is 29.8 Å². The number of para-hydroxylation sites is 1. The second kappa shape index (κ2) is 8.96. The first-order chi connectivity index (χ1) is 14.5. The minimum absolute atomic E-state index is 0.0408. The third-order valence-corrected chi connectivity index (χ3v) is 6.72. The predicted octanol–water partition coefficient (Wildman–Crippen LogP) is 4.37. The number of aromatic nitrogens is 1. The molecule has 2 aromatic carbocycles. The Kier molecular flexibility index (Phi) is 6.13. The van der Waals surface area contributed by atoms with Gasteiger partial charge in [-0.05, 0) is 42.5 Å². The number of thioether (sulfide) groups is 1. The third-order valence-electron chi connectivity index (χ3n) is 5.67. The zero-order valence-corrected chi connectivity index (χ0v) is 18.2. The van der Waals surface area contributed by atoms with Crippen molar-refractivity contribution in [3.05, 3.63) is 65.9 Å². The molecule has 156 valence electrons. The normalized spacial score (nSPS) is 16.6. The van der Waals surface area contributed by atoms with E-state index in [1.54, 1.807) is 19.0 Å². The molecule has 1 saturated heterocycles. The van der Waals surface area contributed by atoms with Gasteiger partial charge in [0.05, 0.1) is 11.3 Å². The quantitative estimate of drug-likeness (QED) is 0.623. The Hall–Kier alpha value is -2.73. The maximum absolute atomic E-state index is 13.4. The summed E-state index contributed by atoms with van der Waals surface area (Å²) >= 11 is 1.43. The largest absolute Gasteiger partial charge is 0.358 e. The fourth-order valence-electron chi connectivity index (χ4n) is 3.94. The van der Waals surface area contributed by atoms with E-state index in [1.165, 1.54) is 22.8 Å². The molecule has 0 radical (unpaired) electrons. The number of fused-ring (bicyclic) bond motifs is 1. The van der Waals surface area contributed by atoms with Gasteiger partial charge < -0.3 is 14.8 Å². The van der Waals surface area contributed by atoms with E-state index < -0.39 is 0 Å². The van der Waals surface area contributed by atoms with E-state index in [-0.39, 0.29) is 11.8 Å². The van der Waals surface area contributed by atoms with Crippen LogP contribution in [0.25, 0.3) is 10.9 Å². The highest BCUT2D eigenvalue weighted by atomic mass is 32.2. The first-order valence-corrected chi connectivity index (χ1v) is 11.3. The lowest BCUT2D eigenvalue weighted by Gasteiger charge is -2.33. The number of nitrogens with zero attached hydrogens (tertiary/aromatic N) is 2. The monoisotopic (exact) mass is 421 g/mol. The van der Waals surface area contributed by atoms with Crippen molar-refractivity contribution in [1.82, 2.24) is 14.8 Å². The zero-order chi connectivity index (χ0) is 21.1. The summed E-state index contributed by atoms with van der Waals surface area (Å²) in [5, 5.41) is 1.21. The molecule has 1 N–H and O–H groups in total. The number of piperidine rings is 1. The van der Waals surface area contributed by atoms with Crippen LogP contribution < -0.4 is 0 Å². The van der Waals surface area contributed by atoms with Crippen LogP contribution >= 0.6 is 11.8 Å². The summed E-state index contributed by atoms with van der Waals surface area (Å²) in [6, 6.07) is 18.1. The molecule has 0 aliphatic carbocycles. The van der Waals surface area contributed by atoms with Gasteiger partial charge in [0.15, 0.2) is 0 Å². The number of rotatable bonds is 5. The van der Waals surface area contributed by atoms with E-state index in [0.29, 0.717) is 23.8 Å². The average Bonchev–Trinajstić information content (AvgIpc) is 3.21. The number of benzene rings is 2. The molecule has 0 bridgehead atoms. The van der Waals surface area contributed by atoms with Crippen LogP contribution in [0.4, 0.5) is 0 Å². The van der Waals surface area contributed by atoms with Crippen LogP contribution in [-0.4, -0.2) is 59.5 Å². The zero-order valence-electron chi connectivity index (χ0n) is 17.4. The number of likely N-dealkylation sites (tertiary alicyclic amines) is 1. The molecule has 1 aliphatic rings. The molecule has 5 nitrogen and oxygen atoms in total. The molecule has 1 fully saturated rings. The Morgan fingerprint density at radius 2 is 1.90 bits per heavy atom. The summed E-state index contributed by atoms with van der Waals surface area (Å²) < 4.78 is 0. The SMILES string of the molecule is CN(C)C(=O)CSc1ccccc1C(=O)N1CCC[C@@H](c2cc3ccccc3[nH]2)C1. The second-order valence-corrected chi connectivity index (χ2v) is 8.99. The molecule has 2 heterocycles. The molecule has 1 aromatic heterocycles. The summed E-state index contributed by atoms with van der Waals surface area (Å²) in [7, 11) is 3.50. The Morgan fingerprint density at radius 3 is 2.70 bits per heavy atom. The number of carbonyl (C=O) groups is 2. The van der Waals surface area contributed by atoms with Crippen LogP contribution in [0, 0.1) is 0 Å². The van der Waals surface area contributed by atoms with E-state index >= 15 is 0 Å². The predicted molar refractivity (Wildman–Crippen MR) is 122 cm³/mol. The second-order valence-electron chi connectivity index (χ2n) is 7.98. The van der Waals surface area contributed by atoms with Crippen LogP contribution in [0.2, 0.25) is 0 Å². The van der Waals surface area contributed by atoms with Gasteiger partial charge in [0.1, 0.15) is 0 Å². The van der Waals surface area contributed by atoms with Gasteiger partial charge in [0.2, 0.25) is 5.91 Å². The van der Waals surface area contributed by atoms with E-state index in [1.807, 2.05) is 41.3 Å². The molecule has 30 heavy (non-hydrogen) atoms. The fourth-order valence-corrected chi connectivity index (χ4v) is 4.96. The summed E-state index contributed by atoms with van der Waals surface area (Å²) in [5.41, 5.74) is 3.03. The standard InChI is InChI=1S/C24H27N3O2S/c1-26(2)23(28)16-30-22-12-6-4-10-19(22)24(29)27-13-7-9-18(15-27)21-14-17-8-3-5-11-20(17)25-21/h3-6,8,10-12,14,18,25H,7,9,13,15-16H2,1-2H3/t18-/m1/s1. The summed E-state index contributed by atoms with van der Waals surface area (Å²) in [6.45, 7) is 1.48. The van der Waals surface area contributed by atoms with Gasteiger partial charge in [-0.15, -0.1) is 11.8 Å². The van der Waals surface area contributed by atoms with E-state index in [9.17, 15) is 9.59 Å². The topological polar surface area (TPSA) is 56.4 Å². The number of H-pyrrole nitrogens is 1. The van der Waals surface area contributed by atoms with Gasteiger partial charge in [-0.3, -0.25) is 9.59 Å². The molecule has 1 aliphatic heterocycles. The highest BCUT2D eigenvalue weighted by molar-refractivity contribution is 8.00. The van der Waals surface area contributed by atoms with E-state index in [2.05, 4.69) is 23.2 Å². The molecule has 0 spiro atoms. The highest BCUT2D eigenvalue weighted by Gasteiger charge is 2.27. The van der Waals surface area contributed by atoms with Crippen molar-refractivity contribution < 1.29 is 9.59 Å². The van der Waals surface area contributed by atoms with Crippen LogP contribution in [0.15, 0.2) is 59.5 Å². The molecule has 0 unspecified atom stereocenters. The highest BCUT2D eigenvalue weighted by Crippen LogP contribution is 2.31. The Bertz CT molecular complexity index is 1030. The molecule has 3 aromatic rings. The molecule has 1 atom stereocenters. The van der Waals surface area contributed by atoms with Crippen molar-refractivity contribution in [2.24, 2.45) is 0 Å². The number of hydrogen-bond donors (Lipinski definition) is 1. The molecular formula is C24H27N3O2S. The first kappa shape index (κ1) is 20.5. The van der Waals surface area contributed by atoms with Crippen LogP contribution in [0.1, 0.15) is 34.8 Å². The molecule has 4 rings (SSSR count). The van der Waals surface area contributed by atoms with Gasteiger partial charge in [-0.2, -0.15) is 0 Å². The Labute approximate surface area is 181 Å². The summed E-state index contributed by atoms with van der Waals surface area (Å²) in [5.74, 6) is 0.732. The van der Waals surface area contributed by atoms with Crippen molar-refractivity contribution in [2.75, 3.05) is 32.9 Å². The van der Waals surface area contributed by atoms with Crippen molar-refractivity contribution in [3.63, 3.8) is 0 Å². The lowest BCUT2D eigenvalue weighted by molar-refractivity contribution is -0.125. The maximum Gasteiger partial charge on any atom is 0.255 e. The smallest absolute Gasteiger partial charge is 0.255 e. The van der Waals surface area contributed by atoms with Gasteiger partial charge in [-0.1, -0.05) is 30.3 Å². The van der Waals surface area contributed by atoms with Gasteiger partial charge in [0.25, 0.3) is 5.91 Å². The molecule has 2 amide bonds. The van der Waals surface area contributed by atoms with Gasteiger partial charge in [0, 0.05) is 49.2 Å². The number of nitrogens with one attached hydrogen (secondary N) is 1. The Morgan fingerprint density at radius 1 is 1.13 bits per heavy atom. The minimum Gasteiger partial charge on any atom is -0.358 e. The molecular weight excluding hydrogens is 394 g/mol. The third kappa shape index (κ3) is 4.38. The number of amides is 2. The van der Waals surface area contributed by atoms with Gasteiger partial charge >= 0.3 is 0 Å². The van der Waals surface area contributed by atoms with Crippen LogP contribution in [0.5, 0.6) is 0 Å². The summed E-state index contributed by atoms with van der Waals surface area (Å²) in [6.07, 6.45) is 2.06. The fraction of sp³-hybridized carbons (Fsp3) is 0.333. The Balaban J connectivity index is 1.50. The molecule has 0 saturated carbocycles. The lowest BCUT2D eigenvalue weighted by atomic mass is 9.94. The van der Waals surface area contributed by atoms with Crippen molar-refractivity contribution >= 4 is 34.5 Å². The van der Waals surface area contributed by atoms with Crippen molar-refractivity contribution in [3.8, 4) is 0 Å². The summed E-state index contributed by atoms with van der Waals surface area (Å²) in [4.78, 5) is 33.3. The maximum atomic E-state index is 13.4. The van der Waals surface area contributed by atoms with Crippen molar-refractivity contribution in [1.29, 1.82) is 0 Å². The van der Waals surface area contributed by atoms with Crippen LogP contribution in [-0.2, 0) is 4.79 Å². The molecule has 6 heteroatoms. The average molecular weight is 422 g/mol. The number of carbonyl (C=O) groups excluding carboxylic acids is 2. The minimum atomic E-state index is 0.0408. The number of aromatic amines is 1. The number of hydrogen-bond acceptors (Lipinski definition) is 3. The van der Waals surface area contributed by atoms with E-state index in [4.69, 9.17) is 0 Å². The first-order valence-electron chi connectivity index (χ1n) is 10.3.